The fourth-order valence-corrected chi connectivity index (χ4v) is 3.83. The highest BCUT2D eigenvalue weighted by Crippen LogP contribution is 2.24. The third kappa shape index (κ3) is 7.54. The van der Waals surface area contributed by atoms with E-state index in [1.54, 1.807) is 13.8 Å². The number of rotatable bonds is 11. The Bertz CT molecular complexity index is 608. The van der Waals surface area contributed by atoms with Crippen LogP contribution >= 0.6 is 0 Å². The summed E-state index contributed by atoms with van der Waals surface area (Å²) < 4.78 is 31.9. The predicted octanol–water partition coefficient (Wildman–Crippen LogP) is 4.31. The lowest BCUT2D eigenvalue weighted by Gasteiger charge is -2.23. The zero-order chi connectivity index (χ0) is 18.8. The van der Waals surface area contributed by atoms with E-state index in [-0.39, 0.29) is 5.25 Å². The molecule has 1 fully saturated rings. The molecule has 148 valence electrons. The van der Waals surface area contributed by atoms with E-state index < -0.39 is 10.0 Å². The van der Waals surface area contributed by atoms with Gasteiger partial charge in [0.15, 0.2) is 0 Å². The molecule has 1 aliphatic carbocycles. The molecule has 26 heavy (non-hydrogen) atoms. The molecule has 0 aromatic heterocycles. The van der Waals surface area contributed by atoms with Crippen LogP contribution < -0.4 is 14.8 Å². The molecule has 5 nitrogen and oxygen atoms in total. The number of unbranched alkanes of at least 4 members (excludes halogenated alkanes) is 2. The summed E-state index contributed by atoms with van der Waals surface area (Å²) in [5, 5.41) is 3.04. The molecule has 0 spiro atoms. The fourth-order valence-electron chi connectivity index (χ4n) is 3.07. The molecule has 1 aromatic rings. The van der Waals surface area contributed by atoms with Gasteiger partial charge in [-0.2, -0.15) is 0 Å². The highest BCUT2D eigenvalue weighted by molar-refractivity contribution is 7.90. The van der Waals surface area contributed by atoms with E-state index in [9.17, 15) is 8.42 Å². The first-order valence-corrected chi connectivity index (χ1v) is 11.5. The van der Waals surface area contributed by atoms with Crippen molar-refractivity contribution in [3.63, 3.8) is 0 Å². The van der Waals surface area contributed by atoms with Gasteiger partial charge in [-0.25, -0.2) is 13.1 Å². The monoisotopic (exact) mass is 382 g/mol. The van der Waals surface area contributed by atoms with E-state index in [4.69, 9.17) is 4.74 Å². The Balaban J connectivity index is 1.57. The standard InChI is InChI=1S/C20H34N2O3S/c1-17(2)26(23,24)22-16-8-4-7-15-21-18-11-13-20(14-12-18)25-19-9-5-3-6-10-19/h11-14,17,19,21-22H,3-10,15-16H2,1-2H3. The first-order chi connectivity index (χ1) is 12.5. The van der Waals surface area contributed by atoms with Crippen molar-refractivity contribution in [1.29, 1.82) is 0 Å². The normalized spacial score (nSPS) is 16.0. The van der Waals surface area contributed by atoms with E-state index in [0.29, 0.717) is 12.6 Å². The average molecular weight is 383 g/mol. The van der Waals surface area contributed by atoms with Crippen LogP contribution in [0.2, 0.25) is 0 Å². The van der Waals surface area contributed by atoms with Gasteiger partial charge in [0.25, 0.3) is 0 Å². The van der Waals surface area contributed by atoms with Gasteiger partial charge in [-0.1, -0.05) is 12.8 Å². The molecule has 6 heteroatoms. The van der Waals surface area contributed by atoms with Crippen molar-refractivity contribution in [2.45, 2.75) is 76.6 Å². The maximum absolute atomic E-state index is 11.6. The van der Waals surface area contributed by atoms with Gasteiger partial charge in [0.05, 0.1) is 11.4 Å². The molecular weight excluding hydrogens is 348 g/mol. The number of anilines is 1. The number of hydrogen-bond acceptors (Lipinski definition) is 4. The summed E-state index contributed by atoms with van der Waals surface area (Å²) in [6.07, 6.45) is 9.51. The summed E-state index contributed by atoms with van der Waals surface area (Å²) in [5.41, 5.74) is 1.10. The molecule has 0 heterocycles. The fraction of sp³-hybridized carbons (Fsp3) is 0.700. The minimum absolute atomic E-state index is 0.366. The van der Waals surface area contributed by atoms with Crippen molar-refractivity contribution >= 4 is 15.7 Å². The second kappa shape index (κ2) is 10.8. The van der Waals surface area contributed by atoms with Crippen molar-refractivity contribution in [1.82, 2.24) is 4.72 Å². The average Bonchev–Trinajstić information content (AvgIpc) is 2.63. The van der Waals surface area contributed by atoms with Gasteiger partial charge in [0.1, 0.15) is 5.75 Å². The molecule has 0 aliphatic heterocycles. The van der Waals surface area contributed by atoms with Crippen LogP contribution in [0.3, 0.4) is 0 Å². The molecule has 0 saturated heterocycles. The molecule has 0 bridgehead atoms. The van der Waals surface area contributed by atoms with Crippen LogP contribution in [0.25, 0.3) is 0 Å². The molecule has 0 unspecified atom stereocenters. The van der Waals surface area contributed by atoms with Gasteiger partial charge in [-0.15, -0.1) is 0 Å². The largest absolute Gasteiger partial charge is 0.490 e. The zero-order valence-electron chi connectivity index (χ0n) is 16.2. The molecule has 0 amide bonds. The van der Waals surface area contributed by atoms with Gasteiger partial charge in [0.2, 0.25) is 10.0 Å². The smallest absolute Gasteiger partial charge is 0.213 e. The Morgan fingerprint density at radius 3 is 2.31 bits per heavy atom. The molecule has 1 aliphatic rings. The van der Waals surface area contributed by atoms with Crippen molar-refractivity contribution in [3.8, 4) is 5.75 Å². The Labute approximate surface area is 159 Å². The van der Waals surface area contributed by atoms with Crippen molar-refractivity contribution in [2.24, 2.45) is 0 Å². The minimum atomic E-state index is -3.13. The zero-order valence-corrected chi connectivity index (χ0v) is 17.0. The van der Waals surface area contributed by atoms with Crippen LogP contribution in [-0.4, -0.2) is 32.9 Å². The summed E-state index contributed by atoms with van der Waals surface area (Å²) in [6.45, 7) is 4.79. The van der Waals surface area contributed by atoms with Gasteiger partial charge in [-0.3, -0.25) is 0 Å². The highest BCUT2D eigenvalue weighted by Gasteiger charge is 2.15. The third-order valence-electron chi connectivity index (χ3n) is 4.82. The van der Waals surface area contributed by atoms with Crippen LogP contribution in [0.4, 0.5) is 5.69 Å². The number of ether oxygens (including phenoxy) is 1. The van der Waals surface area contributed by atoms with Crippen molar-refractivity contribution in [2.75, 3.05) is 18.4 Å². The number of nitrogens with one attached hydrogen (secondary N) is 2. The molecule has 0 atom stereocenters. The van der Waals surface area contributed by atoms with E-state index in [1.807, 2.05) is 12.1 Å². The topological polar surface area (TPSA) is 67.4 Å². The lowest BCUT2D eigenvalue weighted by atomic mass is 9.98. The molecule has 2 N–H and O–H groups in total. The number of hydrogen-bond donors (Lipinski definition) is 2. The van der Waals surface area contributed by atoms with Crippen molar-refractivity contribution < 1.29 is 13.2 Å². The lowest BCUT2D eigenvalue weighted by molar-refractivity contribution is 0.155. The summed E-state index contributed by atoms with van der Waals surface area (Å²) in [6, 6.07) is 8.21. The van der Waals surface area contributed by atoms with Crippen LogP contribution in [0, 0.1) is 0 Å². The van der Waals surface area contributed by atoms with E-state index in [0.717, 1.165) is 37.2 Å². The van der Waals surface area contributed by atoms with Crippen molar-refractivity contribution in [3.05, 3.63) is 24.3 Å². The maximum atomic E-state index is 11.6. The molecule has 2 rings (SSSR count). The van der Waals surface area contributed by atoms with E-state index in [1.165, 1.54) is 32.1 Å². The molecular formula is C20H34N2O3S. The summed E-state index contributed by atoms with van der Waals surface area (Å²) in [4.78, 5) is 0. The number of sulfonamides is 1. The van der Waals surface area contributed by atoms with Gasteiger partial charge >= 0.3 is 0 Å². The Kier molecular flexibility index (Phi) is 8.72. The summed E-state index contributed by atoms with van der Waals surface area (Å²) in [5.74, 6) is 0.958. The summed E-state index contributed by atoms with van der Waals surface area (Å²) in [7, 11) is -3.13. The predicted molar refractivity (Wildman–Crippen MR) is 108 cm³/mol. The lowest BCUT2D eigenvalue weighted by Crippen LogP contribution is -2.31. The van der Waals surface area contributed by atoms with Crippen LogP contribution in [-0.2, 0) is 10.0 Å². The summed E-state index contributed by atoms with van der Waals surface area (Å²) >= 11 is 0. The second-order valence-corrected chi connectivity index (χ2v) is 9.70. The van der Waals surface area contributed by atoms with Crippen LogP contribution in [0.15, 0.2) is 24.3 Å². The Morgan fingerprint density at radius 2 is 1.65 bits per heavy atom. The molecule has 1 saturated carbocycles. The van der Waals surface area contributed by atoms with Crippen LogP contribution in [0.1, 0.15) is 65.2 Å². The second-order valence-electron chi connectivity index (χ2n) is 7.38. The Hall–Kier alpha value is -1.27. The highest BCUT2D eigenvalue weighted by atomic mass is 32.2. The van der Waals surface area contributed by atoms with E-state index in [2.05, 4.69) is 22.2 Å². The third-order valence-corrected chi connectivity index (χ3v) is 6.66. The molecule has 1 aromatic carbocycles. The van der Waals surface area contributed by atoms with Gasteiger partial charge < -0.3 is 10.1 Å². The minimum Gasteiger partial charge on any atom is -0.490 e. The Morgan fingerprint density at radius 1 is 1.00 bits per heavy atom. The molecule has 0 radical (unpaired) electrons. The van der Waals surface area contributed by atoms with E-state index >= 15 is 0 Å². The quantitative estimate of drug-likeness (QED) is 0.560. The first-order valence-electron chi connectivity index (χ1n) is 9.96. The maximum Gasteiger partial charge on any atom is 0.213 e. The number of benzene rings is 1. The van der Waals surface area contributed by atoms with Gasteiger partial charge in [0, 0.05) is 18.8 Å². The van der Waals surface area contributed by atoms with Gasteiger partial charge in [-0.05, 0) is 76.6 Å². The van der Waals surface area contributed by atoms with Crippen LogP contribution in [0.5, 0.6) is 5.75 Å². The first kappa shape index (κ1) is 21.0. The SMILES string of the molecule is CC(C)S(=O)(=O)NCCCCCNc1ccc(OC2CCCCC2)cc1.